The highest BCUT2D eigenvalue weighted by molar-refractivity contribution is 5.79. The van der Waals surface area contributed by atoms with Gasteiger partial charge in [0.2, 0.25) is 5.91 Å². The van der Waals surface area contributed by atoms with E-state index in [1.807, 2.05) is 18.7 Å². The second-order valence-corrected chi connectivity index (χ2v) is 6.23. The summed E-state index contributed by atoms with van der Waals surface area (Å²) in [7, 11) is 0. The number of amides is 1. The molecule has 0 spiro atoms. The van der Waals surface area contributed by atoms with Crippen molar-refractivity contribution in [2.75, 3.05) is 19.6 Å². The largest absolute Gasteiger partial charge is 0.634 e. The third kappa shape index (κ3) is 2.84. The van der Waals surface area contributed by atoms with Crippen LogP contribution in [0, 0.1) is 11.1 Å². The van der Waals surface area contributed by atoms with Gasteiger partial charge in [-0.05, 0) is 39.5 Å². The number of hydroxylamine groups is 2. The number of nitrogens with zero attached hydrogens (tertiary/aromatic N) is 1. The van der Waals surface area contributed by atoms with E-state index < -0.39 is 0 Å². The normalized spacial score (nSPS) is 36.4. The molecule has 0 radical (unpaired) electrons. The molecule has 2 saturated heterocycles. The molecule has 5 heteroatoms. The number of rotatable bonds is 1. The molecule has 18 heavy (non-hydrogen) atoms. The van der Waals surface area contributed by atoms with Gasteiger partial charge in [-0.1, -0.05) is 0 Å². The molecular formula is C13H25N3O2. The lowest BCUT2D eigenvalue weighted by Gasteiger charge is -2.42. The fraction of sp³-hybridized carbons (Fsp3) is 0.923. The van der Waals surface area contributed by atoms with E-state index in [1.165, 1.54) is 0 Å². The van der Waals surface area contributed by atoms with E-state index in [1.54, 1.807) is 0 Å². The summed E-state index contributed by atoms with van der Waals surface area (Å²) in [6.45, 7) is 6.07. The Morgan fingerprint density at radius 1 is 1.44 bits per heavy atom. The SMILES string of the molecule is CC1[C@@H](C(=O)N2CCC(C)(N)CC2)CCC[NH+]1[O-]. The molecule has 2 heterocycles. The Labute approximate surface area is 109 Å². The van der Waals surface area contributed by atoms with Crippen molar-refractivity contribution in [2.24, 2.45) is 11.7 Å². The highest BCUT2D eigenvalue weighted by Crippen LogP contribution is 2.23. The molecule has 2 rings (SSSR count). The van der Waals surface area contributed by atoms with Crippen LogP contribution in [0.25, 0.3) is 0 Å². The molecule has 2 unspecified atom stereocenters. The average Bonchev–Trinajstić information content (AvgIpc) is 2.32. The topological polar surface area (TPSA) is 73.8 Å². The number of hydrogen-bond acceptors (Lipinski definition) is 3. The van der Waals surface area contributed by atoms with Crippen molar-refractivity contribution >= 4 is 5.91 Å². The fourth-order valence-corrected chi connectivity index (χ4v) is 3.01. The summed E-state index contributed by atoms with van der Waals surface area (Å²) in [6, 6.07) is -0.0996. The monoisotopic (exact) mass is 255 g/mol. The molecule has 1 amide bonds. The molecule has 3 atom stereocenters. The molecule has 104 valence electrons. The molecule has 2 fully saturated rings. The van der Waals surface area contributed by atoms with Gasteiger partial charge in [-0.2, -0.15) is 0 Å². The highest BCUT2D eigenvalue weighted by atomic mass is 16.5. The van der Waals surface area contributed by atoms with E-state index in [-0.39, 0.29) is 28.5 Å². The lowest BCUT2D eigenvalue weighted by molar-refractivity contribution is -0.882. The molecule has 0 saturated carbocycles. The van der Waals surface area contributed by atoms with Crippen LogP contribution in [-0.4, -0.2) is 42.0 Å². The molecule has 0 aliphatic carbocycles. The van der Waals surface area contributed by atoms with Gasteiger partial charge in [0.05, 0.1) is 18.5 Å². The van der Waals surface area contributed by atoms with Crippen LogP contribution in [0.2, 0.25) is 0 Å². The van der Waals surface area contributed by atoms with Gasteiger partial charge in [0.15, 0.2) is 0 Å². The van der Waals surface area contributed by atoms with Crippen molar-refractivity contribution in [2.45, 2.75) is 51.1 Å². The molecule has 0 aromatic heterocycles. The predicted octanol–water partition coefficient (Wildman–Crippen LogP) is -0.493. The Bertz CT molecular complexity index is 309. The van der Waals surface area contributed by atoms with Crippen LogP contribution in [0.5, 0.6) is 0 Å². The van der Waals surface area contributed by atoms with Gasteiger partial charge in [-0.15, -0.1) is 0 Å². The Morgan fingerprint density at radius 3 is 2.67 bits per heavy atom. The first kappa shape index (κ1) is 13.8. The summed E-state index contributed by atoms with van der Waals surface area (Å²) in [4.78, 5) is 14.4. The van der Waals surface area contributed by atoms with E-state index in [9.17, 15) is 10.0 Å². The maximum Gasteiger partial charge on any atom is 0.231 e. The second-order valence-electron chi connectivity index (χ2n) is 6.23. The predicted molar refractivity (Wildman–Crippen MR) is 69.8 cm³/mol. The summed E-state index contributed by atoms with van der Waals surface area (Å²) < 4.78 is 0. The van der Waals surface area contributed by atoms with E-state index in [0.717, 1.165) is 38.8 Å². The van der Waals surface area contributed by atoms with Crippen molar-refractivity contribution < 1.29 is 9.86 Å². The molecule has 2 aliphatic rings. The number of piperidine rings is 2. The van der Waals surface area contributed by atoms with Crippen LogP contribution < -0.4 is 10.8 Å². The first-order chi connectivity index (χ1) is 8.41. The van der Waals surface area contributed by atoms with Crippen LogP contribution in [0.3, 0.4) is 0 Å². The fourth-order valence-electron chi connectivity index (χ4n) is 3.01. The van der Waals surface area contributed by atoms with Crippen molar-refractivity contribution in [1.82, 2.24) is 4.90 Å². The Hall–Kier alpha value is -0.650. The van der Waals surface area contributed by atoms with Gasteiger partial charge < -0.3 is 20.9 Å². The minimum atomic E-state index is -0.134. The summed E-state index contributed by atoms with van der Waals surface area (Å²) in [5.41, 5.74) is 5.94. The van der Waals surface area contributed by atoms with Crippen molar-refractivity contribution in [1.29, 1.82) is 0 Å². The lowest BCUT2D eigenvalue weighted by atomic mass is 9.87. The van der Waals surface area contributed by atoms with E-state index >= 15 is 0 Å². The first-order valence-electron chi connectivity index (χ1n) is 7.01. The molecular weight excluding hydrogens is 230 g/mol. The summed E-state index contributed by atoms with van der Waals surface area (Å²) >= 11 is 0. The zero-order valence-electron chi connectivity index (χ0n) is 11.4. The third-order valence-corrected chi connectivity index (χ3v) is 4.58. The minimum absolute atomic E-state index is 0.0895. The first-order valence-corrected chi connectivity index (χ1v) is 7.01. The maximum absolute atomic E-state index is 12.5. The van der Waals surface area contributed by atoms with Crippen LogP contribution in [0.15, 0.2) is 0 Å². The van der Waals surface area contributed by atoms with E-state index in [2.05, 4.69) is 0 Å². The zero-order chi connectivity index (χ0) is 13.3. The van der Waals surface area contributed by atoms with Crippen LogP contribution >= 0.6 is 0 Å². The maximum atomic E-state index is 12.5. The van der Waals surface area contributed by atoms with Crippen molar-refractivity contribution in [3.05, 3.63) is 5.21 Å². The smallest absolute Gasteiger partial charge is 0.231 e. The molecule has 3 N–H and O–H groups in total. The van der Waals surface area contributed by atoms with Gasteiger partial charge in [0.1, 0.15) is 0 Å². The number of nitrogens with two attached hydrogens (primary N) is 1. The zero-order valence-corrected chi connectivity index (χ0v) is 11.4. The molecule has 0 bridgehead atoms. The molecule has 5 nitrogen and oxygen atoms in total. The van der Waals surface area contributed by atoms with Gasteiger partial charge in [-0.25, -0.2) is 0 Å². The Morgan fingerprint density at radius 2 is 2.06 bits per heavy atom. The van der Waals surface area contributed by atoms with Gasteiger partial charge in [0, 0.05) is 18.6 Å². The standard InChI is InChI=1S/C13H25N3O2/c1-10-11(4-3-7-16(10)18)12(17)15-8-5-13(2,14)6-9-15/h10-11,16H,3-9,14H2,1-2H3/t10?,11-/m0/s1. The number of carbonyl (C=O) groups is 1. The lowest BCUT2D eigenvalue weighted by Crippen LogP contribution is -3.13. The number of quaternary nitrogens is 1. The quantitative estimate of drug-likeness (QED) is 0.621. The molecule has 0 aromatic rings. The number of hydrogen-bond donors (Lipinski definition) is 2. The minimum Gasteiger partial charge on any atom is -0.634 e. The van der Waals surface area contributed by atoms with Gasteiger partial charge >= 0.3 is 0 Å². The van der Waals surface area contributed by atoms with Crippen molar-refractivity contribution in [3.8, 4) is 0 Å². The van der Waals surface area contributed by atoms with Crippen LogP contribution in [0.1, 0.15) is 39.5 Å². The summed E-state index contributed by atoms with van der Waals surface area (Å²) in [6.07, 6.45) is 3.44. The summed E-state index contributed by atoms with van der Waals surface area (Å²) in [5.74, 6) is 0.0828. The number of nitrogens with one attached hydrogen (secondary N) is 1. The van der Waals surface area contributed by atoms with E-state index in [4.69, 9.17) is 5.73 Å². The summed E-state index contributed by atoms with van der Waals surface area (Å²) in [5, 5.41) is 12.0. The van der Waals surface area contributed by atoms with E-state index in [0.29, 0.717) is 6.54 Å². The number of likely N-dealkylation sites (tertiary alicyclic amines) is 1. The highest BCUT2D eigenvalue weighted by Gasteiger charge is 2.37. The van der Waals surface area contributed by atoms with Gasteiger partial charge in [0.25, 0.3) is 0 Å². The average molecular weight is 255 g/mol. The second kappa shape index (κ2) is 5.15. The van der Waals surface area contributed by atoms with Crippen LogP contribution in [-0.2, 0) is 4.79 Å². The van der Waals surface area contributed by atoms with Crippen molar-refractivity contribution in [3.63, 3.8) is 0 Å². The van der Waals surface area contributed by atoms with Gasteiger partial charge in [-0.3, -0.25) is 4.79 Å². The Kier molecular flexibility index (Phi) is 3.94. The Balaban J connectivity index is 1.95. The molecule has 2 aliphatic heterocycles. The van der Waals surface area contributed by atoms with Crippen LogP contribution in [0.4, 0.5) is 0 Å². The number of carbonyl (C=O) groups excluding carboxylic acids is 1. The third-order valence-electron chi connectivity index (χ3n) is 4.58. The molecule has 0 aromatic carbocycles.